The van der Waals surface area contributed by atoms with E-state index in [2.05, 4.69) is 20.9 Å². The number of fused-ring (bicyclic) bond motifs is 1. The molecule has 0 bridgehead atoms. The lowest BCUT2D eigenvalue weighted by Crippen LogP contribution is -2.36. The third-order valence-electron chi connectivity index (χ3n) is 3.93. The zero-order valence-corrected chi connectivity index (χ0v) is 10.2. The van der Waals surface area contributed by atoms with Crippen LogP contribution in [0, 0.1) is 0 Å². The minimum atomic E-state index is 0.620. The number of rotatable bonds is 1. The first-order valence-corrected chi connectivity index (χ1v) is 6.53. The van der Waals surface area contributed by atoms with Crippen LogP contribution in [-0.4, -0.2) is 42.1 Å². The molecule has 2 aliphatic heterocycles. The van der Waals surface area contributed by atoms with Crippen molar-refractivity contribution in [3.8, 4) is 0 Å². The summed E-state index contributed by atoms with van der Waals surface area (Å²) in [6.07, 6.45) is 5.76. The van der Waals surface area contributed by atoms with Crippen LogP contribution in [0.1, 0.15) is 19.3 Å². The van der Waals surface area contributed by atoms with E-state index in [4.69, 9.17) is 5.73 Å². The van der Waals surface area contributed by atoms with Crippen molar-refractivity contribution in [3.05, 3.63) is 18.3 Å². The van der Waals surface area contributed by atoms with Gasteiger partial charge in [-0.25, -0.2) is 4.98 Å². The quantitative estimate of drug-likeness (QED) is 0.793. The van der Waals surface area contributed by atoms with Gasteiger partial charge in [0.1, 0.15) is 5.82 Å². The van der Waals surface area contributed by atoms with Crippen LogP contribution in [-0.2, 0) is 0 Å². The second-order valence-electron chi connectivity index (χ2n) is 5.07. The van der Waals surface area contributed by atoms with E-state index in [-0.39, 0.29) is 0 Å². The second-order valence-corrected chi connectivity index (χ2v) is 5.07. The van der Waals surface area contributed by atoms with E-state index < -0.39 is 0 Å². The van der Waals surface area contributed by atoms with Crippen LogP contribution in [0.5, 0.6) is 0 Å². The number of nitrogens with two attached hydrogens (primary N) is 1. The van der Waals surface area contributed by atoms with Crippen molar-refractivity contribution in [2.75, 3.05) is 36.8 Å². The number of aromatic nitrogens is 1. The van der Waals surface area contributed by atoms with Crippen molar-refractivity contribution in [2.24, 2.45) is 0 Å². The Morgan fingerprint density at radius 2 is 2.12 bits per heavy atom. The molecule has 3 heterocycles. The first-order valence-electron chi connectivity index (χ1n) is 6.53. The van der Waals surface area contributed by atoms with Crippen molar-refractivity contribution in [1.82, 2.24) is 9.88 Å². The van der Waals surface area contributed by atoms with Gasteiger partial charge >= 0.3 is 0 Å². The largest absolute Gasteiger partial charge is 0.384 e. The van der Waals surface area contributed by atoms with E-state index in [1.807, 2.05) is 12.3 Å². The molecule has 1 aromatic heterocycles. The zero-order chi connectivity index (χ0) is 11.7. The highest BCUT2D eigenvalue weighted by Crippen LogP contribution is 2.25. The van der Waals surface area contributed by atoms with Gasteiger partial charge in [-0.3, -0.25) is 4.90 Å². The summed E-state index contributed by atoms with van der Waals surface area (Å²) in [5.41, 5.74) is 6.99. The Morgan fingerprint density at radius 3 is 3.00 bits per heavy atom. The third kappa shape index (κ3) is 2.22. The molecule has 2 N–H and O–H groups in total. The predicted octanol–water partition coefficient (Wildman–Crippen LogP) is 1.34. The standard InChI is InChI=1S/C13H20N4/c14-13-9-11(4-5-15-13)17-8-2-7-16-6-1-3-12(16)10-17/h4-5,9,12H,1-3,6-8,10H2,(H2,14,15). The summed E-state index contributed by atoms with van der Waals surface area (Å²) in [5.74, 6) is 0.620. The minimum Gasteiger partial charge on any atom is -0.384 e. The second kappa shape index (κ2) is 4.53. The van der Waals surface area contributed by atoms with Crippen molar-refractivity contribution in [2.45, 2.75) is 25.3 Å². The lowest BCUT2D eigenvalue weighted by Gasteiger charge is -2.27. The predicted molar refractivity (Wildman–Crippen MR) is 70.1 cm³/mol. The van der Waals surface area contributed by atoms with Gasteiger partial charge in [0, 0.05) is 43.6 Å². The highest BCUT2D eigenvalue weighted by Gasteiger charge is 2.28. The van der Waals surface area contributed by atoms with Gasteiger partial charge in [-0.2, -0.15) is 0 Å². The van der Waals surface area contributed by atoms with Gasteiger partial charge in [0.05, 0.1) is 0 Å². The molecule has 1 unspecified atom stereocenters. The fraction of sp³-hybridized carbons (Fsp3) is 0.615. The highest BCUT2D eigenvalue weighted by atomic mass is 15.3. The van der Waals surface area contributed by atoms with E-state index in [1.54, 1.807) is 0 Å². The molecule has 17 heavy (non-hydrogen) atoms. The van der Waals surface area contributed by atoms with Crippen LogP contribution in [0.4, 0.5) is 11.5 Å². The fourth-order valence-electron chi connectivity index (χ4n) is 3.07. The molecule has 1 atom stereocenters. The first-order chi connectivity index (χ1) is 8.33. The van der Waals surface area contributed by atoms with E-state index in [9.17, 15) is 0 Å². The average molecular weight is 232 g/mol. The van der Waals surface area contributed by atoms with Crippen molar-refractivity contribution in [3.63, 3.8) is 0 Å². The molecular weight excluding hydrogens is 212 g/mol. The molecule has 92 valence electrons. The molecule has 4 nitrogen and oxygen atoms in total. The number of hydrogen-bond acceptors (Lipinski definition) is 4. The van der Waals surface area contributed by atoms with Gasteiger partial charge in [-0.05, 0) is 31.9 Å². The summed E-state index contributed by atoms with van der Waals surface area (Å²) in [6.45, 7) is 4.82. The van der Waals surface area contributed by atoms with Crippen LogP contribution in [0.2, 0.25) is 0 Å². The van der Waals surface area contributed by atoms with Crippen molar-refractivity contribution < 1.29 is 0 Å². The fourth-order valence-corrected chi connectivity index (χ4v) is 3.07. The Morgan fingerprint density at radius 1 is 1.24 bits per heavy atom. The molecule has 3 rings (SSSR count). The number of anilines is 2. The lowest BCUT2D eigenvalue weighted by atomic mass is 10.2. The normalized spacial score (nSPS) is 25.6. The molecule has 2 saturated heterocycles. The monoisotopic (exact) mass is 232 g/mol. The Balaban J connectivity index is 1.78. The topological polar surface area (TPSA) is 45.4 Å². The first kappa shape index (κ1) is 10.8. The van der Waals surface area contributed by atoms with Crippen molar-refractivity contribution >= 4 is 11.5 Å². The van der Waals surface area contributed by atoms with Crippen LogP contribution in [0.15, 0.2) is 18.3 Å². The molecule has 2 fully saturated rings. The SMILES string of the molecule is Nc1cc(N2CCCN3CCCC3C2)ccn1. The van der Waals surface area contributed by atoms with Gasteiger partial charge in [0.2, 0.25) is 0 Å². The summed E-state index contributed by atoms with van der Waals surface area (Å²) >= 11 is 0. The highest BCUT2D eigenvalue weighted by molar-refractivity contribution is 5.52. The van der Waals surface area contributed by atoms with Crippen molar-refractivity contribution in [1.29, 1.82) is 0 Å². The number of hydrogen-bond donors (Lipinski definition) is 1. The summed E-state index contributed by atoms with van der Waals surface area (Å²) in [4.78, 5) is 9.17. The van der Waals surface area contributed by atoms with Gasteiger partial charge in [0.25, 0.3) is 0 Å². The minimum absolute atomic E-state index is 0.620. The maximum absolute atomic E-state index is 5.76. The summed E-state index contributed by atoms with van der Waals surface area (Å²) in [6, 6.07) is 4.80. The molecule has 0 aromatic carbocycles. The molecule has 4 heteroatoms. The smallest absolute Gasteiger partial charge is 0.125 e. The molecular formula is C13H20N4. The molecule has 0 aliphatic carbocycles. The molecule has 0 saturated carbocycles. The van der Waals surface area contributed by atoms with E-state index in [1.165, 1.54) is 38.0 Å². The van der Waals surface area contributed by atoms with Crippen LogP contribution >= 0.6 is 0 Å². The number of pyridine rings is 1. The third-order valence-corrected chi connectivity index (χ3v) is 3.93. The Hall–Kier alpha value is -1.29. The van der Waals surface area contributed by atoms with Crippen LogP contribution in [0.3, 0.4) is 0 Å². The van der Waals surface area contributed by atoms with Crippen LogP contribution < -0.4 is 10.6 Å². The number of nitrogen functional groups attached to an aromatic ring is 1. The summed E-state index contributed by atoms with van der Waals surface area (Å²) in [7, 11) is 0. The lowest BCUT2D eigenvalue weighted by molar-refractivity contribution is 0.273. The molecule has 0 radical (unpaired) electrons. The Labute approximate surface area is 102 Å². The van der Waals surface area contributed by atoms with Gasteiger partial charge < -0.3 is 10.6 Å². The van der Waals surface area contributed by atoms with Gasteiger partial charge in [-0.1, -0.05) is 0 Å². The zero-order valence-electron chi connectivity index (χ0n) is 10.2. The molecule has 0 spiro atoms. The summed E-state index contributed by atoms with van der Waals surface area (Å²) in [5, 5.41) is 0. The number of nitrogens with zero attached hydrogens (tertiary/aromatic N) is 3. The van der Waals surface area contributed by atoms with E-state index in [0.29, 0.717) is 5.82 Å². The molecule has 2 aliphatic rings. The molecule has 1 aromatic rings. The van der Waals surface area contributed by atoms with Gasteiger partial charge in [0.15, 0.2) is 0 Å². The van der Waals surface area contributed by atoms with Crippen LogP contribution in [0.25, 0.3) is 0 Å². The maximum Gasteiger partial charge on any atom is 0.125 e. The average Bonchev–Trinajstić information content (AvgIpc) is 2.66. The van der Waals surface area contributed by atoms with E-state index in [0.717, 1.165) is 19.1 Å². The van der Waals surface area contributed by atoms with Gasteiger partial charge in [-0.15, -0.1) is 0 Å². The maximum atomic E-state index is 5.76. The van der Waals surface area contributed by atoms with E-state index >= 15 is 0 Å². The summed E-state index contributed by atoms with van der Waals surface area (Å²) < 4.78 is 0. The Kier molecular flexibility index (Phi) is 2.89. The Bertz CT molecular complexity index is 393. The molecule has 0 amide bonds.